The third kappa shape index (κ3) is 3.53. The fourth-order valence-electron chi connectivity index (χ4n) is 4.94. The van der Waals surface area contributed by atoms with Gasteiger partial charge in [-0.2, -0.15) is 0 Å². The van der Waals surface area contributed by atoms with Crippen molar-refractivity contribution in [2.24, 2.45) is 0 Å². The molecule has 4 rings (SSSR count). The van der Waals surface area contributed by atoms with Crippen LogP contribution in [0.5, 0.6) is 0 Å². The number of amides is 2. The van der Waals surface area contributed by atoms with Gasteiger partial charge in [-0.1, -0.05) is 30.3 Å². The summed E-state index contributed by atoms with van der Waals surface area (Å²) in [5.41, 5.74) is 1.89. The van der Waals surface area contributed by atoms with Gasteiger partial charge in [0.1, 0.15) is 0 Å². The summed E-state index contributed by atoms with van der Waals surface area (Å²) in [6.45, 7) is 3.14. The molecule has 0 N–H and O–H groups in total. The smallest absolute Gasteiger partial charge is 0.255 e. The molecule has 0 spiro atoms. The van der Waals surface area contributed by atoms with E-state index < -0.39 is 0 Å². The Morgan fingerprint density at radius 3 is 2.50 bits per heavy atom. The van der Waals surface area contributed by atoms with Crippen molar-refractivity contribution in [2.45, 2.75) is 50.6 Å². The number of benzene rings is 1. The first-order valence-electron chi connectivity index (χ1n) is 10.2. The standard InChI is InChI=1S/C23H27N3O2/c1-17(27)25-14-6-5-11-21-22(25)20(18-8-3-2-4-9-18)12-15-26(21)23(28)19-10-7-13-24-16-19/h2-4,7-10,13,16,20-22H,5-6,11-12,14-15H2,1H3/t20-,21-,22-/m1/s1. The van der Waals surface area contributed by atoms with Crippen molar-refractivity contribution in [3.05, 3.63) is 66.0 Å². The Hall–Kier alpha value is -2.69. The van der Waals surface area contributed by atoms with E-state index in [2.05, 4.69) is 29.2 Å². The summed E-state index contributed by atoms with van der Waals surface area (Å²) in [6.07, 6.45) is 7.14. The lowest BCUT2D eigenvalue weighted by atomic mass is 9.78. The summed E-state index contributed by atoms with van der Waals surface area (Å²) < 4.78 is 0. The molecule has 5 nitrogen and oxygen atoms in total. The van der Waals surface area contributed by atoms with Gasteiger partial charge in [0, 0.05) is 38.3 Å². The molecule has 2 aromatic rings. The van der Waals surface area contributed by atoms with Gasteiger partial charge in [-0.15, -0.1) is 0 Å². The summed E-state index contributed by atoms with van der Waals surface area (Å²) in [5.74, 6) is 0.389. The van der Waals surface area contributed by atoms with E-state index in [1.165, 1.54) is 5.56 Å². The van der Waals surface area contributed by atoms with Crippen LogP contribution in [0.4, 0.5) is 0 Å². The average molecular weight is 377 g/mol. The number of piperidine rings is 1. The predicted octanol–water partition coefficient (Wildman–Crippen LogP) is 3.48. The van der Waals surface area contributed by atoms with Crippen molar-refractivity contribution in [3.63, 3.8) is 0 Å². The van der Waals surface area contributed by atoms with Crippen molar-refractivity contribution in [2.75, 3.05) is 13.1 Å². The average Bonchev–Trinajstić information content (AvgIpc) is 2.97. The highest BCUT2D eigenvalue weighted by atomic mass is 16.2. The van der Waals surface area contributed by atoms with Crippen molar-refractivity contribution in [1.29, 1.82) is 0 Å². The second kappa shape index (κ2) is 8.13. The quantitative estimate of drug-likeness (QED) is 0.805. The van der Waals surface area contributed by atoms with Crippen molar-refractivity contribution in [3.8, 4) is 0 Å². The highest BCUT2D eigenvalue weighted by molar-refractivity contribution is 5.94. The van der Waals surface area contributed by atoms with Crippen LogP contribution >= 0.6 is 0 Å². The Morgan fingerprint density at radius 1 is 0.964 bits per heavy atom. The van der Waals surface area contributed by atoms with Crippen LogP contribution in [0.25, 0.3) is 0 Å². The molecule has 3 heterocycles. The van der Waals surface area contributed by atoms with Gasteiger partial charge in [0.15, 0.2) is 0 Å². The highest BCUT2D eigenvalue weighted by Gasteiger charge is 2.45. The van der Waals surface area contributed by atoms with E-state index in [-0.39, 0.29) is 29.8 Å². The molecule has 2 aliphatic heterocycles. The number of rotatable bonds is 2. The zero-order chi connectivity index (χ0) is 19.5. The fraction of sp³-hybridized carbons (Fsp3) is 0.435. The Balaban J connectivity index is 1.72. The highest BCUT2D eigenvalue weighted by Crippen LogP contribution is 2.39. The summed E-state index contributed by atoms with van der Waals surface area (Å²) in [7, 11) is 0. The van der Waals surface area contributed by atoms with E-state index in [4.69, 9.17) is 0 Å². The third-order valence-electron chi connectivity index (χ3n) is 6.20. The second-order valence-corrected chi connectivity index (χ2v) is 7.81. The van der Waals surface area contributed by atoms with E-state index in [9.17, 15) is 9.59 Å². The van der Waals surface area contributed by atoms with Gasteiger partial charge in [-0.3, -0.25) is 14.6 Å². The third-order valence-corrected chi connectivity index (χ3v) is 6.20. The molecule has 5 heteroatoms. The van der Waals surface area contributed by atoms with E-state index in [1.807, 2.05) is 21.9 Å². The molecule has 2 aliphatic rings. The summed E-state index contributed by atoms with van der Waals surface area (Å²) >= 11 is 0. The van der Waals surface area contributed by atoms with Gasteiger partial charge >= 0.3 is 0 Å². The first-order valence-corrected chi connectivity index (χ1v) is 10.2. The van der Waals surface area contributed by atoms with E-state index in [1.54, 1.807) is 25.4 Å². The molecule has 0 unspecified atom stereocenters. The lowest BCUT2D eigenvalue weighted by Crippen LogP contribution is -2.60. The summed E-state index contributed by atoms with van der Waals surface area (Å²) in [5, 5.41) is 0. The molecular weight excluding hydrogens is 350 g/mol. The lowest BCUT2D eigenvalue weighted by molar-refractivity contribution is -0.133. The first kappa shape index (κ1) is 18.7. The Kier molecular flexibility index (Phi) is 5.42. The number of likely N-dealkylation sites (tertiary alicyclic amines) is 2. The maximum absolute atomic E-state index is 13.3. The van der Waals surface area contributed by atoms with Gasteiger partial charge in [0.2, 0.25) is 5.91 Å². The molecule has 0 saturated carbocycles. The number of pyridine rings is 1. The lowest BCUT2D eigenvalue weighted by Gasteiger charge is -2.49. The zero-order valence-electron chi connectivity index (χ0n) is 16.3. The van der Waals surface area contributed by atoms with Crippen LogP contribution in [0, 0.1) is 0 Å². The predicted molar refractivity (Wildman–Crippen MR) is 108 cm³/mol. The minimum absolute atomic E-state index is 0.0248. The van der Waals surface area contributed by atoms with Crippen molar-refractivity contribution in [1.82, 2.24) is 14.8 Å². The largest absolute Gasteiger partial charge is 0.337 e. The van der Waals surface area contributed by atoms with E-state index in [0.717, 1.165) is 32.2 Å². The van der Waals surface area contributed by atoms with Crippen LogP contribution in [0.1, 0.15) is 54.4 Å². The number of hydrogen-bond donors (Lipinski definition) is 0. The molecule has 2 fully saturated rings. The van der Waals surface area contributed by atoms with Gasteiger partial charge in [0.25, 0.3) is 5.91 Å². The Bertz CT molecular complexity index is 824. The molecule has 1 aromatic carbocycles. The monoisotopic (exact) mass is 377 g/mol. The van der Waals surface area contributed by atoms with E-state index >= 15 is 0 Å². The topological polar surface area (TPSA) is 53.5 Å². The zero-order valence-corrected chi connectivity index (χ0v) is 16.3. The normalized spacial score (nSPS) is 25.0. The van der Waals surface area contributed by atoms with E-state index in [0.29, 0.717) is 12.1 Å². The maximum Gasteiger partial charge on any atom is 0.255 e. The van der Waals surface area contributed by atoms with Crippen LogP contribution in [-0.2, 0) is 4.79 Å². The number of carbonyl (C=O) groups is 2. The van der Waals surface area contributed by atoms with Crippen LogP contribution in [0.15, 0.2) is 54.9 Å². The molecular formula is C23H27N3O2. The summed E-state index contributed by atoms with van der Waals surface area (Å²) in [4.78, 5) is 34.0. The fourth-order valence-corrected chi connectivity index (χ4v) is 4.94. The van der Waals surface area contributed by atoms with Crippen molar-refractivity contribution >= 4 is 11.8 Å². The second-order valence-electron chi connectivity index (χ2n) is 7.81. The van der Waals surface area contributed by atoms with Crippen LogP contribution in [0.2, 0.25) is 0 Å². The first-order chi connectivity index (χ1) is 13.7. The molecule has 0 aliphatic carbocycles. The molecule has 28 heavy (non-hydrogen) atoms. The van der Waals surface area contributed by atoms with Gasteiger partial charge < -0.3 is 9.80 Å². The number of nitrogens with zero attached hydrogens (tertiary/aromatic N) is 3. The molecule has 146 valence electrons. The maximum atomic E-state index is 13.3. The molecule has 3 atom stereocenters. The van der Waals surface area contributed by atoms with Gasteiger partial charge in [-0.25, -0.2) is 0 Å². The van der Waals surface area contributed by atoms with Crippen molar-refractivity contribution < 1.29 is 9.59 Å². The molecule has 1 aromatic heterocycles. The Labute approximate surface area is 166 Å². The van der Waals surface area contributed by atoms with Crippen LogP contribution in [0.3, 0.4) is 0 Å². The molecule has 0 radical (unpaired) electrons. The SMILES string of the molecule is CC(=O)N1CCCC[C@@H]2[C@H]1[C@@H](c1ccccc1)CCN2C(=O)c1cccnc1. The van der Waals surface area contributed by atoms with Crippen LogP contribution in [-0.4, -0.2) is 51.8 Å². The minimum Gasteiger partial charge on any atom is -0.337 e. The van der Waals surface area contributed by atoms with Gasteiger partial charge in [0.05, 0.1) is 17.6 Å². The number of fused-ring (bicyclic) bond motifs is 1. The number of aromatic nitrogens is 1. The number of hydrogen-bond acceptors (Lipinski definition) is 3. The molecule has 2 amide bonds. The molecule has 2 saturated heterocycles. The summed E-state index contributed by atoms with van der Waals surface area (Å²) in [6, 6.07) is 14.2. The minimum atomic E-state index is 0.0248. The Morgan fingerprint density at radius 2 is 1.79 bits per heavy atom. The molecule has 0 bridgehead atoms. The van der Waals surface area contributed by atoms with Gasteiger partial charge in [-0.05, 0) is 43.4 Å². The van der Waals surface area contributed by atoms with Crippen LogP contribution < -0.4 is 0 Å². The number of carbonyl (C=O) groups excluding carboxylic acids is 2.